The second-order valence-electron chi connectivity index (χ2n) is 5.02. The molecular formula is C12H21NO4. The van der Waals surface area contributed by atoms with Gasteiger partial charge in [0.15, 0.2) is 0 Å². The smallest absolute Gasteiger partial charge is 0.407 e. The van der Waals surface area contributed by atoms with Gasteiger partial charge in [0.2, 0.25) is 0 Å². The summed E-state index contributed by atoms with van der Waals surface area (Å²) in [4.78, 5) is 22.1. The highest BCUT2D eigenvalue weighted by Crippen LogP contribution is 2.24. The van der Waals surface area contributed by atoms with Gasteiger partial charge in [0.1, 0.15) is 0 Å². The highest BCUT2D eigenvalue weighted by atomic mass is 16.5. The van der Waals surface area contributed by atoms with Crippen LogP contribution in [0.3, 0.4) is 0 Å². The molecule has 0 aromatic rings. The fourth-order valence-electron chi connectivity index (χ4n) is 1.94. The summed E-state index contributed by atoms with van der Waals surface area (Å²) in [5, 5.41) is 11.6. The third-order valence-corrected chi connectivity index (χ3v) is 2.95. The molecule has 0 aromatic heterocycles. The predicted molar refractivity (Wildman–Crippen MR) is 62.7 cm³/mol. The van der Waals surface area contributed by atoms with Crippen LogP contribution < -0.4 is 5.32 Å². The minimum atomic E-state index is -0.731. The van der Waals surface area contributed by atoms with Crippen LogP contribution in [0.2, 0.25) is 0 Å². The van der Waals surface area contributed by atoms with Gasteiger partial charge in [0.05, 0.1) is 12.5 Å². The number of carbonyl (C=O) groups is 2. The van der Waals surface area contributed by atoms with Crippen molar-refractivity contribution in [3.63, 3.8) is 0 Å². The van der Waals surface area contributed by atoms with Crippen LogP contribution in [-0.4, -0.2) is 29.8 Å². The fourth-order valence-corrected chi connectivity index (χ4v) is 1.94. The summed E-state index contributed by atoms with van der Waals surface area (Å²) in [7, 11) is 0. The van der Waals surface area contributed by atoms with E-state index in [1.165, 1.54) is 0 Å². The Morgan fingerprint density at radius 2 is 1.88 bits per heavy atom. The maximum atomic E-state index is 11.4. The Hall–Kier alpha value is -1.26. The van der Waals surface area contributed by atoms with E-state index in [9.17, 15) is 9.59 Å². The molecule has 0 radical (unpaired) electrons. The molecule has 1 saturated carbocycles. The molecule has 0 atom stereocenters. The van der Waals surface area contributed by atoms with Gasteiger partial charge in [-0.3, -0.25) is 4.79 Å². The van der Waals surface area contributed by atoms with Gasteiger partial charge in [0.25, 0.3) is 0 Å². The van der Waals surface area contributed by atoms with Crippen LogP contribution in [0, 0.1) is 11.8 Å². The van der Waals surface area contributed by atoms with Crippen molar-refractivity contribution in [2.24, 2.45) is 11.8 Å². The molecule has 0 aromatic carbocycles. The average Bonchev–Trinajstić information content (AvgIpc) is 2.27. The number of hydrogen-bond donors (Lipinski definition) is 2. The van der Waals surface area contributed by atoms with Gasteiger partial charge >= 0.3 is 12.1 Å². The Bertz CT molecular complexity index is 270. The van der Waals surface area contributed by atoms with E-state index in [2.05, 4.69) is 5.32 Å². The Labute approximate surface area is 102 Å². The molecule has 1 aliphatic carbocycles. The Balaban J connectivity index is 2.21. The molecule has 0 aliphatic heterocycles. The number of nitrogens with one attached hydrogen (secondary N) is 1. The van der Waals surface area contributed by atoms with Crippen LogP contribution in [-0.2, 0) is 9.53 Å². The number of rotatable bonds is 4. The van der Waals surface area contributed by atoms with Gasteiger partial charge in [-0.25, -0.2) is 4.79 Å². The van der Waals surface area contributed by atoms with Crippen LogP contribution in [0.4, 0.5) is 4.79 Å². The van der Waals surface area contributed by atoms with Gasteiger partial charge in [-0.05, 0) is 31.6 Å². The van der Waals surface area contributed by atoms with Crippen molar-refractivity contribution in [1.29, 1.82) is 0 Å². The van der Waals surface area contributed by atoms with Crippen LogP contribution in [0.1, 0.15) is 39.5 Å². The number of carbonyl (C=O) groups excluding carboxylic acids is 1. The molecule has 2 N–H and O–H groups in total. The molecule has 1 rings (SSSR count). The van der Waals surface area contributed by atoms with E-state index >= 15 is 0 Å². The van der Waals surface area contributed by atoms with Crippen molar-refractivity contribution in [1.82, 2.24) is 5.32 Å². The molecule has 1 aliphatic rings. The lowest BCUT2D eigenvalue weighted by Gasteiger charge is -2.26. The van der Waals surface area contributed by atoms with E-state index in [0.29, 0.717) is 38.2 Å². The second kappa shape index (κ2) is 6.47. The zero-order valence-corrected chi connectivity index (χ0v) is 10.4. The third kappa shape index (κ3) is 5.06. The highest BCUT2D eigenvalue weighted by molar-refractivity contribution is 5.70. The van der Waals surface area contributed by atoms with Crippen molar-refractivity contribution >= 4 is 12.1 Å². The molecule has 5 heteroatoms. The first-order valence-electron chi connectivity index (χ1n) is 6.15. The first kappa shape index (κ1) is 13.8. The summed E-state index contributed by atoms with van der Waals surface area (Å²) in [6.07, 6.45) is 2.30. The number of ether oxygens (including phenoxy) is 1. The molecule has 0 unspecified atom stereocenters. The lowest BCUT2D eigenvalue weighted by molar-refractivity contribution is -0.142. The highest BCUT2D eigenvalue weighted by Gasteiger charge is 2.26. The number of alkyl carbamates (subject to hydrolysis) is 1. The lowest BCUT2D eigenvalue weighted by atomic mass is 9.86. The molecule has 1 amide bonds. The molecule has 5 nitrogen and oxygen atoms in total. The summed E-state index contributed by atoms with van der Waals surface area (Å²) >= 11 is 0. The quantitative estimate of drug-likeness (QED) is 0.792. The number of carboxylic acid groups (broad SMARTS) is 1. The molecule has 0 spiro atoms. The van der Waals surface area contributed by atoms with Gasteiger partial charge in [-0.15, -0.1) is 0 Å². The summed E-state index contributed by atoms with van der Waals surface area (Å²) < 4.78 is 5.01. The van der Waals surface area contributed by atoms with E-state index in [1.807, 2.05) is 13.8 Å². The molecule has 1 fully saturated rings. The van der Waals surface area contributed by atoms with Crippen molar-refractivity contribution < 1.29 is 19.4 Å². The molecular weight excluding hydrogens is 222 g/mol. The predicted octanol–water partition coefficient (Wildman–Crippen LogP) is 2.01. The molecule has 0 bridgehead atoms. The normalized spacial score (nSPS) is 24.4. The SMILES string of the molecule is CC(C)COC(=O)NC1CCC(C(=O)O)CC1. The van der Waals surface area contributed by atoms with Gasteiger partial charge in [-0.1, -0.05) is 13.8 Å². The standard InChI is InChI=1S/C12H21NO4/c1-8(2)7-17-12(16)13-10-5-3-9(4-6-10)11(14)15/h8-10H,3-7H2,1-2H3,(H,13,16)(H,14,15). The topological polar surface area (TPSA) is 75.6 Å². The zero-order valence-electron chi connectivity index (χ0n) is 10.4. The molecule has 98 valence electrons. The second-order valence-corrected chi connectivity index (χ2v) is 5.02. The first-order valence-corrected chi connectivity index (χ1v) is 6.15. The Morgan fingerprint density at radius 1 is 1.29 bits per heavy atom. The van der Waals surface area contributed by atoms with Gasteiger partial charge in [0, 0.05) is 6.04 Å². The van der Waals surface area contributed by atoms with E-state index in [-0.39, 0.29) is 12.0 Å². The monoisotopic (exact) mass is 243 g/mol. The molecule has 0 saturated heterocycles. The van der Waals surface area contributed by atoms with Crippen LogP contribution >= 0.6 is 0 Å². The minimum absolute atomic E-state index is 0.0604. The van der Waals surface area contributed by atoms with Crippen molar-refractivity contribution in [3.05, 3.63) is 0 Å². The number of aliphatic carboxylic acids is 1. The molecule has 0 heterocycles. The number of amides is 1. The largest absolute Gasteiger partial charge is 0.481 e. The van der Waals surface area contributed by atoms with Crippen molar-refractivity contribution in [2.75, 3.05) is 6.61 Å². The maximum Gasteiger partial charge on any atom is 0.407 e. The van der Waals surface area contributed by atoms with E-state index < -0.39 is 12.1 Å². The zero-order chi connectivity index (χ0) is 12.8. The number of carboxylic acids is 1. The van der Waals surface area contributed by atoms with Crippen molar-refractivity contribution in [2.45, 2.75) is 45.6 Å². The lowest BCUT2D eigenvalue weighted by Crippen LogP contribution is -2.39. The molecule has 17 heavy (non-hydrogen) atoms. The van der Waals surface area contributed by atoms with E-state index in [0.717, 1.165) is 0 Å². The van der Waals surface area contributed by atoms with Gasteiger partial charge < -0.3 is 15.2 Å². The summed E-state index contributed by atoms with van der Waals surface area (Å²) in [5.41, 5.74) is 0. The fraction of sp³-hybridized carbons (Fsp3) is 0.833. The Morgan fingerprint density at radius 3 is 2.35 bits per heavy atom. The minimum Gasteiger partial charge on any atom is -0.481 e. The third-order valence-electron chi connectivity index (χ3n) is 2.95. The summed E-state index contributed by atoms with van der Waals surface area (Å²) in [5.74, 6) is -0.658. The van der Waals surface area contributed by atoms with E-state index in [1.54, 1.807) is 0 Å². The average molecular weight is 243 g/mol. The van der Waals surface area contributed by atoms with Crippen LogP contribution in [0.15, 0.2) is 0 Å². The number of hydrogen-bond acceptors (Lipinski definition) is 3. The summed E-state index contributed by atoms with van der Waals surface area (Å²) in [6.45, 7) is 4.37. The first-order chi connectivity index (χ1) is 7.99. The summed E-state index contributed by atoms with van der Waals surface area (Å²) in [6, 6.07) is 0.0604. The maximum absolute atomic E-state index is 11.4. The Kier molecular flexibility index (Phi) is 5.25. The van der Waals surface area contributed by atoms with Crippen molar-refractivity contribution in [3.8, 4) is 0 Å². The van der Waals surface area contributed by atoms with Gasteiger partial charge in [-0.2, -0.15) is 0 Å². The van der Waals surface area contributed by atoms with E-state index in [4.69, 9.17) is 9.84 Å². The van der Waals surface area contributed by atoms with Crippen LogP contribution in [0.25, 0.3) is 0 Å². The van der Waals surface area contributed by atoms with Crippen LogP contribution in [0.5, 0.6) is 0 Å².